The Hall–Kier alpha value is -3.92. The molecule has 0 radical (unpaired) electrons. The number of imidazole rings is 1. The van der Waals surface area contributed by atoms with Gasteiger partial charge in [-0.1, -0.05) is 35.9 Å². The predicted molar refractivity (Wildman–Crippen MR) is 158 cm³/mol. The van der Waals surface area contributed by atoms with Crippen LogP contribution in [0.2, 0.25) is 5.02 Å². The van der Waals surface area contributed by atoms with Gasteiger partial charge in [-0.15, -0.1) is 11.3 Å². The van der Waals surface area contributed by atoms with Gasteiger partial charge in [0.15, 0.2) is 0 Å². The van der Waals surface area contributed by atoms with Crippen molar-refractivity contribution < 1.29 is 14.3 Å². The van der Waals surface area contributed by atoms with Gasteiger partial charge in [-0.25, -0.2) is 4.98 Å². The van der Waals surface area contributed by atoms with Gasteiger partial charge in [-0.05, 0) is 62.7 Å². The van der Waals surface area contributed by atoms with Crippen molar-refractivity contribution in [3.05, 3.63) is 88.8 Å². The van der Waals surface area contributed by atoms with E-state index in [0.29, 0.717) is 21.4 Å². The number of hydrogen-bond donors (Lipinski definition) is 2. The van der Waals surface area contributed by atoms with Crippen LogP contribution in [0.4, 0.5) is 0 Å². The summed E-state index contributed by atoms with van der Waals surface area (Å²) in [7, 11) is 0. The van der Waals surface area contributed by atoms with Gasteiger partial charge >= 0.3 is 0 Å². The quantitative estimate of drug-likeness (QED) is 0.230. The number of nitrogens with one attached hydrogen (secondary N) is 1. The monoisotopic (exact) mass is 573 g/mol. The van der Waals surface area contributed by atoms with E-state index in [1.165, 1.54) is 11.3 Å². The highest BCUT2D eigenvalue weighted by Crippen LogP contribution is 2.39. The number of primary amides is 1. The summed E-state index contributed by atoms with van der Waals surface area (Å²) in [6.45, 7) is 3.75. The minimum atomic E-state index is -0.559. The molecule has 4 heterocycles. The molecule has 1 unspecified atom stereocenters. The molecule has 2 aromatic carbocycles. The average molecular weight is 574 g/mol. The van der Waals surface area contributed by atoms with E-state index in [0.717, 1.165) is 58.7 Å². The topological polar surface area (TPSA) is 104 Å². The number of carbonyl (C=O) groups excluding carboxylic acids is 1. The van der Waals surface area contributed by atoms with Crippen LogP contribution in [0.3, 0.4) is 0 Å². The van der Waals surface area contributed by atoms with E-state index in [1.54, 1.807) is 12.5 Å². The molecule has 0 saturated carbocycles. The zero-order valence-electron chi connectivity index (χ0n) is 21.8. The lowest BCUT2D eigenvalue weighted by atomic mass is 10.1. The SMILES string of the molecule is CC(Oc1cc(-n2cnc3cc(-c4cccnc4)ccc32)sc1C(N)=O)c1cccc(OC2CCNCC2)c1Cl. The van der Waals surface area contributed by atoms with Crippen LogP contribution in [0, 0.1) is 0 Å². The first-order valence-electron chi connectivity index (χ1n) is 13.1. The van der Waals surface area contributed by atoms with Crippen molar-refractivity contribution >= 4 is 39.9 Å². The smallest absolute Gasteiger partial charge is 0.262 e. The van der Waals surface area contributed by atoms with Crippen LogP contribution < -0.4 is 20.5 Å². The summed E-state index contributed by atoms with van der Waals surface area (Å²) in [5.74, 6) is 0.476. The van der Waals surface area contributed by atoms with Crippen LogP contribution in [0.25, 0.3) is 27.2 Å². The van der Waals surface area contributed by atoms with Crippen molar-refractivity contribution in [1.29, 1.82) is 0 Å². The predicted octanol–water partition coefficient (Wildman–Crippen LogP) is 6.17. The normalized spacial score (nSPS) is 14.8. The van der Waals surface area contributed by atoms with Gasteiger partial charge in [0, 0.05) is 29.6 Å². The fourth-order valence-electron chi connectivity index (χ4n) is 4.92. The Labute approximate surface area is 240 Å². The van der Waals surface area contributed by atoms with Gasteiger partial charge in [0.1, 0.15) is 39.9 Å². The van der Waals surface area contributed by atoms with Crippen LogP contribution in [-0.4, -0.2) is 39.6 Å². The lowest BCUT2D eigenvalue weighted by Gasteiger charge is -2.25. The molecular formula is C30H28ClN5O3S. The standard InChI is InChI=1S/C30H28ClN5O3S/c1-18(22-5-2-6-25(28(22)31)39-21-9-12-33-13-10-21)38-26-15-27(40-29(26)30(32)37)36-17-35-23-14-19(7-8-24(23)36)20-4-3-11-34-16-20/h2-8,11,14-18,21,33H,9-10,12-13H2,1H3,(H2,32,37). The number of benzene rings is 2. The van der Waals surface area contributed by atoms with Crippen LogP contribution in [0.15, 0.2) is 73.3 Å². The molecule has 3 aromatic heterocycles. The van der Waals surface area contributed by atoms with Crippen molar-refractivity contribution in [3.8, 4) is 27.6 Å². The lowest BCUT2D eigenvalue weighted by Crippen LogP contribution is -2.34. The number of thiophene rings is 1. The summed E-state index contributed by atoms with van der Waals surface area (Å²) in [6, 6.07) is 17.5. The summed E-state index contributed by atoms with van der Waals surface area (Å²) in [5, 5.41) is 4.61. The third kappa shape index (κ3) is 5.28. The van der Waals surface area contributed by atoms with Crippen LogP contribution >= 0.6 is 22.9 Å². The number of nitrogens with two attached hydrogens (primary N) is 1. The molecule has 1 atom stereocenters. The molecule has 1 aliphatic rings. The molecule has 1 fully saturated rings. The molecular weight excluding hydrogens is 546 g/mol. The molecule has 0 spiro atoms. The maximum atomic E-state index is 12.4. The number of pyridine rings is 1. The Morgan fingerprint density at radius 2 is 1.98 bits per heavy atom. The highest BCUT2D eigenvalue weighted by Gasteiger charge is 2.23. The Balaban J connectivity index is 1.27. The number of aromatic nitrogens is 3. The number of halogens is 1. The highest BCUT2D eigenvalue weighted by atomic mass is 35.5. The molecule has 204 valence electrons. The molecule has 3 N–H and O–H groups in total. The fraction of sp³-hybridized carbons (Fsp3) is 0.233. The minimum absolute atomic E-state index is 0.122. The van der Waals surface area contributed by atoms with Crippen LogP contribution in [0.1, 0.15) is 41.1 Å². The average Bonchev–Trinajstić information content (AvgIpc) is 3.59. The lowest BCUT2D eigenvalue weighted by molar-refractivity contribution is 0.0998. The number of fused-ring (bicyclic) bond motifs is 1. The van der Waals surface area contributed by atoms with E-state index in [1.807, 2.05) is 72.3 Å². The van der Waals surface area contributed by atoms with Crippen molar-refractivity contribution in [1.82, 2.24) is 19.9 Å². The molecule has 5 aromatic rings. The first-order chi connectivity index (χ1) is 19.5. The van der Waals surface area contributed by atoms with Crippen molar-refractivity contribution in [2.45, 2.75) is 32.0 Å². The number of carbonyl (C=O) groups is 1. The van der Waals surface area contributed by atoms with E-state index >= 15 is 0 Å². The summed E-state index contributed by atoms with van der Waals surface area (Å²) in [5.41, 5.74) is 10.3. The third-order valence-electron chi connectivity index (χ3n) is 7.00. The fourth-order valence-corrected chi connectivity index (χ4v) is 6.17. The summed E-state index contributed by atoms with van der Waals surface area (Å²) >= 11 is 8.03. The van der Waals surface area contributed by atoms with Gasteiger partial charge in [0.25, 0.3) is 5.91 Å². The van der Waals surface area contributed by atoms with Gasteiger partial charge in [0.05, 0.1) is 16.1 Å². The van der Waals surface area contributed by atoms with E-state index in [2.05, 4.69) is 15.3 Å². The van der Waals surface area contributed by atoms with E-state index in [-0.39, 0.29) is 6.10 Å². The van der Waals surface area contributed by atoms with Crippen molar-refractivity contribution in [3.63, 3.8) is 0 Å². The zero-order valence-corrected chi connectivity index (χ0v) is 23.4. The molecule has 8 nitrogen and oxygen atoms in total. The Bertz CT molecular complexity index is 1660. The van der Waals surface area contributed by atoms with E-state index in [4.69, 9.17) is 26.8 Å². The molecule has 0 aliphatic carbocycles. The van der Waals surface area contributed by atoms with E-state index in [9.17, 15) is 4.79 Å². The number of ether oxygens (including phenoxy) is 2. The first-order valence-corrected chi connectivity index (χ1v) is 14.3. The molecule has 40 heavy (non-hydrogen) atoms. The molecule has 1 amide bonds. The Morgan fingerprint density at radius 3 is 2.75 bits per heavy atom. The molecule has 10 heteroatoms. The summed E-state index contributed by atoms with van der Waals surface area (Å²) in [6.07, 6.45) is 6.84. The van der Waals surface area contributed by atoms with Crippen molar-refractivity contribution in [2.24, 2.45) is 5.73 Å². The zero-order chi connectivity index (χ0) is 27.6. The second-order valence-corrected chi connectivity index (χ2v) is 11.1. The van der Waals surface area contributed by atoms with E-state index < -0.39 is 12.0 Å². The van der Waals surface area contributed by atoms with Crippen LogP contribution in [-0.2, 0) is 0 Å². The molecule has 0 bridgehead atoms. The van der Waals surface area contributed by atoms with Gasteiger partial charge in [-0.2, -0.15) is 0 Å². The van der Waals surface area contributed by atoms with Crippen LogP contribution in [0.5, 0.6) is 11.5 Å². The number of rotatable bonds is 8. The Morgan fingerprint density at radius 1 is 1.12 bits per heavy atom. The summed E-state index contributed by atoms with van der Waals surface area (Å²) < 4.78 is 14.4. The minimum Gasteiger partial charge on any atom is -0.489 e. The largest absolute Gasteiger partial charge is 0.489 e. The number of nitrogens with zero attached hydrogens (tertiary/aromatic N) is 3. The second kappa shape index (κ2) is 11.3. The molecule has 1 saturated heterocycles. The van der Waals surface area contributed by atoms with Gasteiger partial charge < -0.3 is 20.5 Å². The number of hydrogen-bond acceptors (Lipinski definition) is 7. The molecule has 1 aliphatic heterocycles. The maximum Gasteiger partial charge on any atom is 0.262 e. The maximum absolute atomic E-state index is 12.4. The highest BCUT2D eigenvalue weighted by molar-refractivity contribution is 7.16. The second-order valence-electron chi connectivity index (χ2n) is 9.69. The third-order valence-corrected chi connectivity index (χ3v) is 8.54. The Kier molecular flexibility index (Phi) is 7.42. The first kappa shape index (κ1) is 26.3. The number of amides is 1. The summed E-state index contributed by atoms with van der Waals surface area (Å²) in [4.78, 5) is 21.5. The number of piperidine rings is 1. The van der Waals surface area contributed by atoms with Gasteiger partial charge in [0.2, 0.25) is 0 Å². The van der Waals surface area contributed by atoms with Crippen molar-refractivity contribution in [2.75, 3.05) is 13.1 Å². The van der Waals surface area contributed by atoms with Gasteiger partial charge in [-0.3, -0.25) is 14.3 Å². The molecule has 6 rings (SSSR count).